The Morgan fingerprint density at radius 1 is 1.35 bits per heavy atom. The fourth-order valence-corrected chi connectivity index (χ4v) is 2.14. The fraction of sp³-hybridized carbons (Fsp3) is 0.333. The number of amides is 1. The Kier molecular flexibility index (Phi) is 4.08. The summed E-state index contributed by atoms with van der Waals surface area (Å²) in [6.07, 6.45) is 0.252. The number of H-pyrrole nitrogens is 1. The number of aromatic nitrogens is 1. The summed E-state index contributed by atoms with van der Waals surface area (Å²) in [6, 6.07) is 7.82. The Bertz CT molecular complexity index is 646. The zero-order chi connectivity index (χ0) is 14.7. The molecule has 0 fully saturated rings. The second-order valence-corrected chi connectivity index (χ2v) is 4.99. The third kappa shape index (κ3) is 2.99. The maximum atomic E-state index is 11.9. The van der Waals surface area contributed by atoms with Crippen molar-refractivity contribution in [3.8, 4) is 0 Å². The van der Waals surface area contributed by atoms with E-state index >= 15 is 0 Å². The van der Waals surface area contributed by atoms with E-state index in [1.165, 1.54) is 0 Å². The van der Waals surface area contributed by atoms with Gasteiger partial charge < -0.3 is 15.4 Å². The summed E-state index contributed by atoms with van der Waals surface area (Å²) < 4.78 is 0. The molecule has 2 aromatic rings. The lowest BCUT2D eigenvalue weighted by atomic mass is 10.1. The van der Waals surface area contributed by atoms with Crippen molar-refractivity contribution in [2.45, 2.75) is 20.3 Å². The van der Waals surface area contributed by atoms with Crippen LogP contribution in [0, 0.1) is 12.8 Å². The van der Waals surface area contributed by atoms with E-state index in [0.717, 1.165) is 22.2 Å². The largest absolute Gasteiger partial charge is 0.481 e. The Morgan fingerprint density at radius 3 is 2.75 bits per heavy atom. The number of carbonyl (C=O) groups is 2. The number of aromatic amines is 1. The fourth-order valence-electron chi connectivity index (χ4n) is 2.14. The van der Waals surface area contributed by atoms with Crippen LogP contribution in [0.2, 0.25) is 0 Å². The van der Waals surface area contributed by atoms with Crippen LogP contribution in [0.1, 0.15) is 18.2 Å². The third-order valence-corrected chi connectivity index (χ3v) is 3.39. The van der Waals surface area contributed by atoms with E-state index in [4.69, 9.17) is 5.11 Å². The van der Waals surface area contributed by atoms with Crippen molar-refractivity contribution in [1.82, 2.24) is 10.3 Å². The molecular formula is C15H18N2O3. The van der Waals surface area contributed by atoms with Crippen LogP contribution in [0.15, 0.2) is 24.3 Å². The van der Waals surface area contributed by atoms with Crippen molar-refractivity contribution >= 4 is 22.8 Å². The van der Waals surface area contributed by atoms with Gasteiger partial charge in [0.1, 0.15) is 0 Å². The van der Waals surface area contributed by atoms with Gasteiger partial charge >= 0.3 is 5.97 Å². The predicted molar refractivity (Wildman–Crippen MR) is 76.5 cm³/mol. The maximum Gasteiger partial charge on any atom is 0.308 e. The summed E-state index contributed by atoms with van der Waals surface area (Å²) >= 11 is 0. The van der Waals surface area contributed by atoms with E-state index in [0.29, 0.717) is 0 Å². The first-order valence-electron chi connectivity index (χ1n) is 6.54. The molecule has 0 aliphatic carbocycles. The third-order valence-electron chi connectivity index (χ3n) is 3.39. The molecule has 1 aromatic heterocycles. The normalized spacial score (nSPS) is 12.3. The number of aliphatic carboxylic acids is 1. The molecule has 0 aliphatic heterocycles. The monoisotopic (exact) mass is 274 g/mol. The number of hydrogen-bond donors (Lipinski definition) is 3. The Labute approximate surface area is 117 Å². The highest BCUT2D eigenvalue weighted by atomic mass is 16.4. The second-order valence-electron chi connectivity index (χ2n) is 4.99. The van der Waals surface area contributed by atoms with E-state index in [-0.39, 0.29) is 18.9 Å². The molecular weight excluding hydrogens is 256 g/mol. The van der Waals surface area contributed by atoms with Gasteiger partial charge in [-0.15, -0.1) is 0 Å². The molecule has 3 N–H and O–H groups in total. The Morgan fingerprint density at radius 2 is 2.05 bits per heavy atom. The van der Waals surface area contributed by atoms with Crippen molar-refractivity contribution in [2.24, 2.45) is 5.92 Å². The lowest BCUT2D eigenvalue weighted by molar-refractivity contribution is -0.141. The molecule has 0 aliphatic rings. The Hall–Kier alpha value is -2.30. The molecule has 0 saturated heterocycles. The first-order chi connectivity index (χ1) is 9.49. The van der Waals surface area contributed by atoms with Crippen molar-refractivity contribution in [3.63, 3.8) is 0 Å². The predicted octanol–water partition coefficient (Wildman–Crippen LogP) is 1.86. The lowest BCUT2D eigenvalue weighted by Gasteiger charge is -2.08. The van der Waals surface area contributed by atoms with Gasteiger partial charge in [-0.25, -0.2) is 0 Å². The molecule has 0 saturated carbocycles. The zero-order valence-electron chi connectivity index (χ0n) is 11.6. The molecule has 5 nitrogen and oxygen atoms in total. The molecule has 1 heterocycles. The minimum Gasteiger partial charge on any atom is -0.481 e. The van der Waals surface area contributed by atoms with E-state index in [1.54, 1.807) is 6.92 Å². The molecule has 1 aromatic carbocycles. The van der Waals surface area contributed by atoms with Gasteiger partial charge in [0.15, 0.2) is 0 Å². The lowest BCUT2D eigenvalue weighted by Crippen LogP contribution is -2.32. The van der Waals surface area contributed by atoms with Crippen LogP contribution in [0.5, 0.6) is 0 Å². The number of hydrogen-bond acceptors (Lipinski definition) is 2. The number of carboxylic acids is 1. The average molecular weight is 274 g/mol. The summed E-state index contributed by atoms with van der Waals surface area (Å²) in [5, 5.41) is 12.5. The van der Waals surface area contributed by atoms with Gasteiger partial charge in [-0.3, -0.25) is 9.59 Å². The molecule has 1 amide bonds. The van der Waals surface area contributed by atoms with Gasteiger partial charge in [0.2, 0.25) is 5.91 Å². The standard InChI is InChI=1S/C15H18N2O3/c1-9(15(19)20)8-16-14(18)7-12-10(2)17-13-6-4-3-5-11(12)13/h3-6,9,17H,7-8H2,1-2H3,(H,16,18)(H,19,20). The highest BCUT2D eigenvalue weighted by molar-refractivity contribution is 5.90. The molecule has 0 radical (unpaired) electrons. The van der Waals surface area contributed by atoms with Crippen LogP contribution in [0.3, 0.4) is 0 Å². The molecule has 1 unspecified atom stereocenters. The summed E-state index contributed by atoms with van der Waals surface area (Å²) in [5.74, 6) is -1.65. The first kappa shape index (κ1) is 14.1. The quantitative estimate of drug-likeness (QED) is 0.778. The average Bonchev–Trinajstić information content (AvgIpc) is 2.72. The van der Waals surface area contributed by atoms with Gasteiger partial charge in [-0.2, -0.15) is 0 Å². The Balaban J connectivity index is 2.06. The summed E-state index contributed by atoms with van der Waals surface area (Å²) in [6.45, 7) is 3.65. The van der Waals surface area contributed by atoms with Crippen LogP contribution in [0.4, 0.5) is 0 Å². The highest BCUT2D eigenvalue weighted by Crippen LogP contribution is 2.22. The molecule has 106 valence electrons. The van der Waals surface area contributed by atoms with Gasteiger partial charge in [-0.1, -0.05) is 25.1 Å². The van der Waals surface area contributed by atoms with Crippen molar-refractivity contribution < 1.29 is 14.7 Å². The SMILES string of the molecule is Cc1[nH]c2ccccc2c1CC(=O)NCC(C)C(=O)O. The molecule has 1 atom stereocenters. The van der Waals surface area contributed by atoms with E-state index in [2.05, 4.69) is 10.3 Å². The zero-order valence-corrected chi connectivity index (χ0v) is 11.6. The number of benzene rings is 1. The topological polar surface area (TPSA) is 82.2 Å². The minimum absolute atomic E-state index is 0.148. The molecule has 0 spiro atoms. The van der Waals surface area contributed by atoms with E-state index < -0.39 is 11.9 Å². The molecule has 5 heteroatoms. The number of carboxylic acid groups (broad SMARTS) is 1. The van der Waals surface area contributed by atoms with Crippen molar-refractivity contribution in [2.75, 3.05) is 6.54 Å². The van der Waals surface area contributed by atoms with Crippen LogP contribution in [0.25, 0.3) is 10.9 Å². The molecule has 20 heavy (non-hydrogen) atoms. The molecule has 0 bridgehead atoms. The number of rotatable bonds is 5. The maximum absolute atomic E-state index is 11.9. The summed E-state index contributed by atoms with van der Waals surface area (Å²) in [5.41, 5.74) is 2.93. The van der Waals surface area contributed by atoms with Crippen LogP contribution < -0.4 is 5.32 Å². The number of fused-ring (bicyclic) bond motifs is 1. The highest BCUT2D eigenvalue weighted by Gasteiger charge is 2.15. The number of para-hydroxylation sites is 1. The van der Waals surface area contributed by atoms with Gasteiger partial charge in [0.25, 0.3) is 0 Å². The number of nitrogens with one attached hydrogen (secondary N) is 2. The first-order valence-corrected chi connectivity index (χ1v) is 6.54. The molecule has 2 rings (SSSR count). The minimum atomic E-state index is -0.909. The smallest absolute Gasteiger partial charge is 0.308 e. The number of aryl methyl sites for hydroxylation is 1. The second kappa shape index (κ2) is 5.77. The van der Waals surface area contributed by atoms with Crippen molar-refractivity contribution in [1.29, 1.82) is 0 Å². The van der Waals surface area contributed by atoms with E-state index in [1.807, 2.05) is 31.2 Å². The number of carbonyl (C=O) groups excluding carboxylic acids is 1. The van der Waals surface area contributed by atoms with Gasteiger partial charge in [-0.05, 0) is 18.6 Å². The van der Waals surface area contributed by atoms with Crippen LogP contribution >= 0.6 is 0 Å². The van der Waals surface area contributed by atoms with Gasteiger partial charge in [0.05, 0.1) is 12.3 Å². The van der Waals surface area contributed by atoms with Crippen LogP contribution in [-0.4, -0.2) is 28.5 Å². The van der Waals surface area contributed by atoms with Gasteiger partial charge in [0, 0.05) is 23.1 Å². The van der Waals surface area contributed by atoms with Crippen molar-refractivity contribution in [3.05, 3.63) is 35.5 Å². The summed E-state index contributed by atoms with van der Waals surface area (Å²) in [7, 11) is 0. The van der Waals surface area contributed by atoms with Crippen LogP contribution in [-0.2, 0) is 16.0 Å². The summed E-state index contributed by atoms with van der Waals surface area (Å²) in [4.78, 5) is 25.9. The van der Waals surface area contributed by atoms with E-state index in [9.17, 15) is 9.59 Å².